The lowest BCUT2D eigenvalue weighted by atomic mass is 10.1. The van der Waals surface area contributed by atoms with Gasteiger partial charge in [-0.1, -0.05) is 0 Å². The maximum absolute atomic E-state index is 13.8. The Kier molecular flexibility index (Phi) is 5.33. The Labute approximate surface area is 139 Å². The number of carboxylic acid groups (broad SMARTS) is 1. The number of rotatable bonds is 6. The van der Waals surface area contributed by atoms with Gasteiger partial charge in [-0.25, -0.2) is 9.18 Å². The molecule has 1 aromatic carbocycles. The maximum Gasteiger partial charge on any atom is 0.335 e. The molecule has 0 aliphatic rings. The minimum atomic E-state index is -1.23. The number of aryl methyl sites for hydroxylation is 2. The van der Waals surface area contributed by atoms with E-state index in [4.69, 9.17) is 5.11 Å². The Hall–Kier alpha value is -2.70. The van der Waals surface area contributed by atoms with Crippen molar-refractivity contribution in [2.75, 3.05) is 6.54 Å². The lowest BCUT2D eigenvalue weighted by Gasteiger charge is -2.07. The molecule has 0 unspecified atom stereocenters. The summed E-state index contributed by atoms with van der Waals surface area (Å²) in [7, 11) is 1.89. The summed E-state index contributed by atoms with van der Waals surface area (Å²) < 4.78 is 15.6. The fourth-order valence-electron chi connectivity index (χ4n) is 2.57. The van der Waals surface area contributed by atoms with Gasteiger partial charge in [0, 0.05) is 19.3 Å². The smallest absolute Gasteiger partial charge is 0.335 e. The lowest BCUT2D eigenvalue weighted by molar-refractivity contribution is 0.0695. The van der Waals surface area contributed by atoms with Crippen molar-refractivity contribution >= 4 is 11.9 Å². The van der Waals surface area contributed by atoms with E-state index in [1.165, 1.54) is 12.1 Å². The molecule has 0 aliphatic carbocycles. The van der Waals surface area contributed by atoms with Gasteiger partial charge in [-0.2, -0.15) is 5.10 Å². The van der Waals surface area contributed by atoms with Crippen LogP contribution in [0.3, 0.4) is 0 Å². The molecule has 0 bridgehead atoms. The number of nitrogens with one attached hydrogen (secondary N) is 1. The van der Waals surface area contributed by atoms with E-state index in [0.29, 0.717) is 13.0 Å². The Morgan fingerprint density at radius 3 is 2.58 bits per heavy atom. The van der Waals surface area contributed by atoms with Crippen molar-refractivity contribution in [2.24, 2.45) is 7.05 Å². The number of amides is 1. The molecular weight excluding hydrogens is 313 g/mol. The molecule has 0 aliphatic heterocycles. The zero-order chi connectivity index (χ0) is 17.9. The molecular formula is C17H20FN3O3. The summed E-state index contributed by atoms with van der Waals surface area (Å²) in [6.45, 7) is 4.33. The van der Waals surface area contributed by atoms with Crippen molar-refractivity contribution in [3.63, 3.8) is 0 Å². The molecule has 0 fully saturated rings. The number of benzene rings is 1. The van der Waals surface area contributed by atoms with Gasteiger partial charge >= 0.3 is 5.97 Å². The molecule has 1 heterocycles. The van der Waals surface area contributed by atoms with Crippen LogP contribution in [0.15, 0.2) is 18.2 Å². The van der Waals surface area contributed by atoms with Gasteiger partial charge in [0.15, 0.2) is 0 Å². The lowest BCUT2D eigenvalue weighted by Crippen LogP contribution is -2.26. The second-order valence-electron chi connectivity index (χ2n) is 5.63. The zero-order valence-corrected chi connectivity index (χ0v) is 13.9. The van der Waals surface area contributed by atoms with E-state index in [9.17, 15) is 14.0 Å². The molecule has 2 aromatic rings. The van der Waals surface area contributed by atoms with E-state index in [1.807, 2.05) is 25.6 Å². The highest BCUT2D eigenvalue weighted by molar-refractivity contribution is 5.96. The Morgan fingerprint density at radius 1 is 1.33 bits per heavy atom. The van der Waals surface area contributed by atoms with Gasteiger partial charge in [-0.3, -0.25) is 9.48 Å². The quantitative estimate of drug-likeness (QED) is 0.794. The molecule has 1 amide bonds. The third-order valence-corrected chi connectivity index (χ3v) is 4.01. The van der Waals surface area contributed by atoms with Crippen LogP contribution in [0.2, 0.25) is 0 Å². The molecule has 0 atom stereocenters. The first kappa shape index (κ1) is 17.7. The van der Waals surface area contributed by atoms with Crippen LogP contribution in [-0.4, -0.2) is 33.3 Å². The summed E-state index contributed by atoms with van der Waals surface area (Å²) in [5, 5.41) is 15.8. The fraction of sp³-hybridized carbons (Fsp3) is 0.353. The SMILES string of the molecule is Cc1nn(C)c(C)c1CCCNC(=O)c1ccc(C(=O)O)cc1F. The number of aromatic carboxylic acids is 1. The number of hydrogen-bond donors (Lipinski definition) is 2. The Morgan fingerprint density at radius 2 is 2.04 bits per heavy atom. The standard InChI is InChI=1S/C17H20FN3O3/c1-10-13(11(2)21(3)20-10)5-4-8-19-16(22)14-7-6-12(17(23)24)9-15(14)18/h6-7,9H,4-5,8H2,1-3H3,(H,19,22)(H,23,24). The first-order valence-corrected chi connectivity index (χ1v) is 7.61. The summed E-state index contributed by atoms with van der Waals surface area (Å²) in [6, 6.07) is 3.24. The van der Waals surface area contributed by atoms with Crippen LogP contribution in [0.1, 0.15) is 44.1 Å². The molecule has 1 aromatic heterocycles. The molecule has 0 radical (unpaired) electrons. The van der Waals surface area contributed by atoms with Gasteiger partial charge in [-0.15, -0.1) is 0 Å². The van der Waals surface area contributed by atoms with Crippen LogP contribution in [0.5, 0.6) is 0 Å². The third-order valence-electron chi connectivity index (χ3n) is 4.01. The zero-order valence-electron chi connectivity index (χ0n) is 13.9. The van der Waals surface area contributed by atoms with Crippen molar-refractivity contribution in [1.29, 1.82) is 0 Å². The monoisotopic (exact) mass is 333 g/mol. The summed E-state index contributed by atoms with van der Waals surface area (Å²) in [5.41, 5.74) is 2.87. The van der Waals surface area contributed by atoms with Crippen molar-refractivity contribution < 1.29 is 19.1 Å². The molecule has 0 spiro atoms. The van der Waals surface area contributed by atoms with Crippen LogP contribution in [0.25, 0.3) is 0 Å². The third kappa shape index (κ3) is 3.79. The van der Waals surface area contributed by atoms with Gasteiger partial charge in [-0.05, 0) is 50.5 Å². The molecule has 6 nitrogen and oxygen atoms in total. The van der Waals surface area contributed by atoms with Crippen LogP contribution >= 0.6 is 0 Å². The van der Waals surface area contributed by atoms with Crippen LogP contribution in [0.4, 0.5) is 4.39 Å². The molecule has 2 N–H and O–H groups in total. The number of aromatic nitrogens is 2. The summed E-state index contributed by atoms with van der Waals surface area (Å²) in [6.07, 6.45) is 1.47. The highest BCUT2D eigenvalue weighted by Gasteiger charge is 2.14. The summed E-state index contributed by atoms with van der Waals surface area (Å²) in [4.78, 5) is 22.7. The van der Waals surface area contributed by atoms with Gasteiger partial charge < -0.3 is 10.4 Å². The highest BCUT2D eigenvalue weighted by Crippen LogP contribution is 2.14. The van der Waals surface area contributed by atoms with Crippen molar-refractivity contribution in [2.45, 2.75) is 26.7 Å². The van der Waals surface area contributed by atoms with Crippen molar-refractivity contribution in [3.8, 4) is 0 Å². The van der Waals surface area contributed by atoms with Gasteiger partial charge in [0.05, 0.1) is 16.8 Å². The van der Waals surface area contributed by atoms with Gasteiger partial charge in [0.1, 0.15) is 5.82 Å². The van der Waals surface area contributed by atoms with Crippen molar-refractivity contribution in [3.05, 3.63) is 52.1 Å². The first-order chi connectivity index (χ1) is 11.3. The summed E-state index contributed by atoms with van der Waals surface area (Å²) >= 11 is 0. The van der Waals surface area contributed by atoms with Crippen LogP contribution < -0.4 is 5.32 Å². The molecule has 7 heteroatoms. The van der Waals surface area contributed by atoms with E-state index < -0.39 is 17.7 Å². The summed E-state index contributed by atoms with van der Waals surface area (Å²) in [5.74, 6) is -2.63. The Balaban J connectivity index is 1.91. The second kappa shape index (κ2) is 7.25. The minimum Gasteiger partial charge on any atom is -0.478 e. The number of carbonyl (C=O) groups excluding carboxylic acids is 1. The molecule has 128 valence electrons. The van der Waals surface area contributed by atoms with E-state index in [-0.39, 0.29) is 11.1 Å². The van der Waals surface area contributed by atoms with Crippen molar-refractivity contribution in [1.82, 2.24) is 15.1 Å². The largest absolute Gasteiger partial charge is 0.478 e. The van der Waals surface area contributed by atoms with E-state index in [2.05, 4.69) is 10.4 Å². The first-order valence-electron chi connectivity index (χ1n) is 7.61. The van der Waals surface area contributed by atoms with Crippen LogP contribution in [0, 0.1) is 19.7 Å². The number of carbonyl (C=O) groups is 2. The fourth-order valence-corrected chi connectivity index (χ4v) is 2.57. The van der Waals surface area contributed by atoms with Gasteiger partial charge in [0.2, 0.25) is 0 Å². The minimum absolute atomic E-state index is 0.159. The average Bonchev–Trinajstić information content (AvgIpc) is 2.76. The number of nitrogens with zero attached hydrogens (tertiary/aromatic N) is 2. The van der Waals surface area contributed by atoms with E-state index in [1.54, 1.807) is 0 Å². The average molecular weight is 333 g/mol. The number of halogens is 1. The maximum atomic E-state index is 13.8. The van der Waals surface area contributed by atoms with E-state index >= 15 is 0 Å². The molecule has 0 saturated heterocycles. The number of hydrogen-bond acceptors (Lipinski definition) is 3. The molecule has 0 saturated carbocycles. The topological polar surface area (TPSA) is 84.2 Å². The Bertz CT molecular complexity index is 784. The number of carboxylic acids is 1. The van der Waals surface area contributed by atoms with Gasteiger partial charge in [0.25, 0.3) is 5.91 Å². The predicted octanol–water partition coefficient (Wildman–Crippen LogP) is 2.24. The molecule has 2 rings (SSSR count). The van der Waals surface area contributed by atoms with Crippen LogP contribution in [-0.2, 0) is 13.5 Å². The second-order valence-corrected chi connectivity index (χ2v) is 5.63. The predicted molar refractivity (Wildman–Crippen MR) is 86.7 cm³/mol. The highest BCUT2D eigenvalue weighted by atomic mass is 19.1. The normalized spacial score (nSPS) is 10.7. The van der Waals surface area contributed by atoms with E-state index in [0.717, 1.165) is 29.4 Å². The molecule has 24 heavy (non-hydrogen) atoms.